The highest BCUT2D eigenvalue weighted by atomic mass is 32.2. The van der Waals surface area contributed by atoms with Gasteiger partial charge in [-0.3, -0.25) is 0 Å². The third kappa shape index (κ3) is 2.95. The van der Waals surface area contributed by atoms with Crippen LogP contribution in [0.3, 0.4) is 0 Å². The van der Waals surface area contributed by atoms with Crippen molar-refractivity contribution in [2.24, 2.45) is 5.73 Å². The van der Waals surface area contributed by atoms with Gasteiger partial charge in [-0.05, 0) is 18.6 Å². The van der Waals surface area contributed by atoms with Crippen LogP contribution in [0.2, 0.25) is 0 Å². The molecule has 6 heteroatoms. The van der Waals surface area contributed by atoms with Crippen molar-refractivity contribution in [1.29, 1.82) is 0 Å². The first-order valence-electron chi connectivity index (χ1n) is 5.65. The number of rotatable bonds is 2. The Kier molecular flexibility index (Phi) is 3.35. The monoisotopic (exact) mass is 255 g/mol. The quantitative estimate of drug-likeness (QED) is 0.824. The number of hydrogen-bond donors (Lipinski definition) is 1. The van der Waals surface area contributed by atoms with E-state index in [0.717, 1.165) is 11.4 Å². The molecule has 94 valence electrons. The van der Waals surface area contributed by atoms with Crippen LogP contribution < -0.4 is 10.6 Å². The lowest BCUT2D eigenvalue weighted by molar-refractivity contribution is 0.586. The second-order valence-corrected chi connectivity index (χ2v) is 6.68. The number of nitrogens with zero attached hydrogens (tertiary/aromatic N) is 2. The zero-order valence-corrected chi connectivity index (χ0v) is 10.7. The van der Waals surface area contributed by atoms with Gasteiger partial charge in [0.15, 0.2) is 9.84 Å². The Morgan fingerprint density at radius 3 is 2.47 bits per heavy atom. The van der Waals surface area contributed by atoms with E-state index in [1.165, 1.54) is 0 Å². The predicted octanol–water partition coefficient (Wildman–Crippen LogP) is 0.336. The summed E-state index contributed by atoms with van der Waals surface area (Å²) >= 11 is 0. The van der Waals surface area contributed by atoms with Gasteiger partial charge < -0.3 is 10.6 Å². The maximum absolute atomic E-state index is 11.3. The van der Waals surface area contributed by atoms with E-state index < -0.39 is 9.84 Å². The number of nitrogens with two attached hydrogens (primary N) is 1. The third-order valence-corrected chi connectivity index (χ3v) is 4.57. The van der Waals surface area contributed by atoms with E-state index >= 15 is 0 Å². The molecule has 0 saturated carbocycles. The molecule has 5 nitrogen and oxygen atoms in total. The van der Waals surface area contributed by atoms with Crippen molar-refractivity contribution in [1.82, 2.24) is 4.98 Å². The fraction of sp³-hybridized carbons (Fsp3) is 0.545. The van der Waals surface area contributed by atoms with Crippen LogP contribution in [0.5, 0.6) is 0 Å². The molecule has 0 radical (unpaired) electrons. The largest absolute Gasteiger partial charge is 0.355 e. The second kappa shape index (κ2) is 4.62. The van der Waals surface area contributed by atoms with E-state index in [1.54, 1.807) is 6.20 Å². The van der Waals surface area contributed by atoms with Crippen LogP contribution in [0, 0.1) is 0 Å². The molecule has 0 amide bonds. The third-order valence-electron chi connectivity index (χ3n) is 2.96. The Balaban J connectivity index is 2.09. The SMILES string of the molecule is CC(N)c1ccc(N2CCS(=O)(=O)CC2)nc1. The summed E-state index contributed by atoms with van der Waals surface area (Å²) in [7, 11) is -2.83. The first-order chi connectivity index (χ1) is 7.98. The normalized spacial score (nSPS) is 21.2. The van der Waals surface area contributed by atoms with E-state index in [0.29, 0.717) is 13.1 Å². The van der Waals surface area contributed by atoms with Crippen molar-refractivity contribution >= 4 is 15.7 Å². The van der Waals surface area contributed by atoms with Crippen molar-refractivity contribution < 1.29 is 8.42 Å². The molecule has 0 spiro atoms. The maximum atomic E-state index is 11.3. The Morgan fingerprint density at radius 1 is 1.35 bits per heavy atom. The molecule has 1 aliphatic heterocycles. The van der Waals surface area contributed by atoms with Gasteiger partial charge in [0.2, 0.25) is 0 Å². The molecule has 1 atom stereocenters. The van der Waals surface area contributed by atoms with Crippen LogP contribution in [0.25, 0.3) is 0 Å². The lowest BCUT2D eigenvalue weighted by Crippen LogP contribution is -2.40. The van der Waals surface area contributed by atoms with E-state index in [-0.39, 0.29) is 17.5 Å². The number of pyridine rings is 1. The molecule has 0 bridgehead atoms. The van der Waals surface area contributed by atoms with Crippen molar-refractivity contribution in [3.63, 3.8) is 0 Å². The van der Waals surface area contributed by atoms with Gasteiger partial charge in [-0.1, -0.05) is 6.07 Å². The first kappa shape index (κ1) is 12.3. The van der Waals surface area contributed by atoms with Gasteiger partial charge in [-0.2, -0.15) is 0 Å². The minimum Gasteiger partial charge on any atom is -0.355 e. The Bertz CT molecular complexity index is 468. The van der Waals surface area contributed by atoms with Gasteiger partial charge in [0.25, 0.3) is 0 Å². The number of hydrogen-bond acceptors (Lipinski definition) is 5. The zero-order valence-electron chi connectivity index (χ0n) is 9.83. The van der Waals surface area contributed by atoms with Crippen molar-refractivity contribution in [2.75, 3.05) is 29.5 Å². The first-order valence-corrected chi connectivity index (χ1v) is 7.47. The maximum Gasteiger partial charge on any atom is 0.153 e. The average Bonchev–Trinajstić information content (AvgIpc) is 2.29. The molecular weight excluding hydrogens is 238 g/mol. The summed E-state index contributed by atoms with van der Waals surface area (Å²) in [5, 5.41) is 0. The highest BCUT2D eigenvalue weighted by Crippen LogP contribution is 2.16. The molecule has 2 rings (SSSR count). The second-order valence-electron chi connectivity index (χ2n) is 4.38. The van der Waals surface area contributed by atoms with Crippen LogP contribution in [-0.4, -0.2) is 38.0 Å². The van der Waals surface area contributed by atoms with Gasteiger partial charge in [-0.15, -0.1) is 0 Å². The molecule has 2 heterocycles. The molecule has 0 aromatic carbocycles. The molecule has 1 aliphatic rings. The summed E-state index contributed by atoms with van der Waals surface area (Å²) in [6, 6.07) is 3.81. The van der Waals surface area contributed by atoms with Gasteiger partial charge >= 0.3 is 0 Å². The van der Waals surface area contributed by atoms with Gasteiger partial charge in [-0.25, -0.2) is 13.4 Å². The number of anilines is 1. The molecule has 0 aliphatic carbocycles. The molecule has 1 saturated heterocycles. The van der Waals surface area contributed by atoms with Crippen LogP contribution in [0.15, 0.2) is 18.3 Å². The summed E-state index contributed by atoms with van der Waals surface area (Å²) in [4.78, 5) is 6.31. The van der Waals surface area contributed by atoms with Crippen LogP contribution >= 0.6 is 0 Å². The van der Waals surface area contributed by atoms with E-state index in [1.807, 2.05) is 24.0 Å². The average molecular weight is 255 g/mol. The minimum absolute atomic E-state index is 0.0294. The molecule has 2 N–H and O–H groups in total. The van der Waals surface area contributed by atoms with Gasteiger partial charge in [0.05, 0.1) is 11.5 Å². The smallest absolute Gasteiger partial charge is 0.153 e. The van der Waals surface area contributed by atoms with E-state index in [2.05, 4.69) is 4.98 Å². The van der Waals surface area contributed by atoms with Crippen molar-refractivity contribution in [3.8, 4) is 0 Å². The molecule has 1 aromatic heterocycles. The molecule has 1 fully saturated rings. The van der Waals surface area contributed by atoms with Gasteiger partial charge in [0.1, 0.15) is 5.82 Å². The topological polar surface area (TPSA) is 76.3 Å². The van der Waals surface area contributed by atoms with E-state index in [9.17, 15) is 8.42 Å². The fourth-order valence-electron chi connectivity index (χ4n) is 1.80. The fourth-order valence-corrected chi connectivity index (χ4v) is 3.00. The van der Waals surface area contributed by atoms with Crippen molar-refractivity contribution in [3.05, 3.63) is 23.9 Å². The summed E-state index contributed by atoms with van der Waals surface area (Å²) in [6.45, 7) is 2.95. The molecule has 1 unspecified atom stereocenters. The van der Waals surface area contributed by atoms with Crippen LogP contribution in [0.1, 0.15) is 18.5 Å². The number of aromatic nitrogens is 1. The standard InChI is InChI=1S/C11H17N3O2S/c1-9(12)10-2-3-11(13-8-10)14-4-6-17(15,16)7-5-14/h2-3,8-9H,4-7,12H2,1H3. The van der Waals surface area contributed by atoms with Gasteiger partial charge in [0, 0.05) is 25.3 Å². The molecular formula is C11H17N3O2S. The van der Waals surface area contributed by atoms with E-state index in [4.69, 9.17) is 5.73 Å². The Hall–Kier alpha value is -1.14. The summed E-state index contributed by atoms with van der Waals surface area (Å²) in [5.41, 5.74) is 6.73. The number of sulfone groups is 1. The summed E-state index contributed by atoms with van der Waals surface area (Å²) < 4.78 is 22.6. The Labute approximate surface area is 102 Å². The molecule has 17 heavy (non-hydrogen) atoms. The highest BCUT2D eigenvalue weighted by molar-refractivity contribution is 7.91. The summed E-state index contributed by atoms with van der Waals surface area (Å²) in [5.74, 6) is 1.25. The highest BCUT2D eigenvalue weighted by Gasteiger charge is 2.22. The van der Waals surface area contributed by atoms with Crippen molar-refractivity contribution in [2.45, 2.75) is 13.0 Å². The Morgan fingerprint density at radius 2 is 2.00 bits per heavy atom. The zero-order chi connectivity index (χ0) is 12.5. The molecule has 1 aromatic rings. The minimum atomic E-state index is -2.83. The van der Waals surface area contributed by atoms with Crippen LogP contribution in [-0.2, 0) is 9.84 Å². The lowest BCUT2D eigenvalue weighted by atomic mass is 10.1. The van der Waals surface area contributed by atoms with Crippen LogP contribution in [0.4, 0.5) is 5.82 Å². The summed E-state index contributed by atoms with van der Waals surface area (Å²) in [6.07, 6.45) is 1.75. The predicted molar refractivity (Wildman–Crippen MR) is 67.7 cm³/mol. The lowest BCUT2D eigenvalue weighted by Gasteiger charge is -2.27.